The number of nitrogens with zero attached hydrogens (tertiary/aromatic N) is 2. The molecule has 6 aliphatic carbocycles. The molecule has 0 spiro atoms. The largest absolute Gasteiger partial charge is 0.369 e. The summed E-state index contributed by atoms with van der Waals surface area (Å²) in [6.07, 6.45) is 13.7. The van der Waals surface area contributed by atoms with E-state index in [1.807, 2.05) is 24.3 Å². The topological polar surface area (TPSA) is 179 Å². The zero-order chi connectivity index (χ0) is 36.7. The van der Waals surface area contributed by atoms with Crippen molar-refractivity contribution in [3.05, 3.63) is 69.1 Å². The van der Waals surface area contributed by atoms with Gasteiger partial charge in [-0.1, -0.05) is 12.2 Å². The zero-order valence-electron chi connectivity index (χ0n) is 30.8. The van der Waals surface area contributed by atoms with Crippen molar-refractivity contribution >= 4 is 34.8 Å². The summed E-state index contributed by atoms with van der Waals surface area (Å²) >= 11 is 0. The van der Waals surface area contributed by atoms with Gasteiger partial charge in [-0.3, -0.25) is 19.2 Å². The second kappa shape index (κ2) is 10.1. The minimum absolute atomic E-state index is 0.0895. The lowest BCUT2D eigenvalue weighted by atomic mass is 9.55. The molecule has 2 fully saturated rings. The van der Waals surface area contributed by atoms with Crippen molar-refractivity contribution in [1.29, 1.82) is 0 Å². The normalized spacial score (nSPS) is 29.2. The van der Waals surface area contributed by atoms with Gasteiger partial charge in [0.25, 0.3) is 0 Å². The van der Waals surface area contributed by atoms with E-state index >= 15 is 0 Å². The Balaban J connectivity index is 1.62. The van der Waals surface area contributed by atoms with Crippen molar-refractivity contribution < 1.29 is 19.2 Å². The van der Waals surface area contributed by atoms with E-state index < -0.39 is 34.5 Å². The third kappa shape index (κ3) is 4.19. The number of carbonyl (C=O) groups is 4. The fraction of sp³-hybridized carbons (Fsp3) is 0.550. The van der Waals surface area contributed by atoms with E-state index in [0.29, 0.717) is 33.4 Å². The number of amides is 4. The summed E-state index contributed by atoms with van der Waals surface area (Å²) in [6, 6.07) is 0. The number of likely N-dealkylation sites (tertiary alicyclic amines) is 2. The molecule has 0 radical (unpaired) electrons. The van der Waals surface area contributed by atoms with Gasteiger partial charge in [-0.15, -0.1) is 0 Å². The number of nitrogens with two attached hydrogens (primary N) is 4. The number of allylic oxidation sites excluding steroid dienone is 4. The Morgan fingerprint density at radius 3 is 1.10 bits per heavy atom. The summed E-state index contributed by atoms with van der Waals surface area (Å²) in [5.74, 6) is -2.88. The minimum Gasteiger partial charge on any atom is -0.369 e. The lowest BCUT2D eigenvalue weighted by Crippen LogP contribution is -2.60. The molecule has 2 saturated heterocycles. The number of fused-ring (bicyclic) bond motifs is 2. The molecule has 10 nitrogen and oxygen atoms in total. The molecule has 50 heavy (non-hydrogen) atoms. The lowest BCUT2D eigenvalue weighted by Gasteiger charge is -2.59. The number of benzene rings is 1. The van der Waals surface area contributed by atoms with Gasteiger partial charge in [-0.2, -0.15) is 0 Å². The van der Waals surface area contributed by atoms with Gasteiger partial charge in [-0.25, -0.2) is 0 Å². The molecule has 1 aromatic carbocycles. The maximum Gasteiger partial charge on any atom is 0.249 e. The van der Waals surface area contributed by atoms with Crippen LogP contribution in [0.3, 0.4) is 0 Å². The number of hydrogen-bond donors (Lipinski definition) is 4. The fourth-order valence-electron chi connectivity index (χ4n) is 11.2. The molecule has 0 aromatic heterocycles. The van der Waals surface area contributed by atoms with E-state index in [1.54, 1.807) is 0 Å². The lowest BCUT2D eigenvalue weighted by molar-refractivity contribution is -0.123. The first-order valence-electron chi connectivity index (χ1n) is 18.0. The number of carbonyl (C=O) groups excluding carboxylic acids is 4. The van der Waals surface area contributed by atoms with Crippen molar-refractivity contribution in [2.75, 3.05) is 0 Å². The summed E-state index contributed by atoms with van der Waals surface area (Å²) < 4.78 is 0. The molecule has 4 amide bonds. The molecule has 10 heteroatoms. The number of rotatable bonds is 6. The third-order valence-electron chi connectivity index (χ3n) is 12.9. The summed E-state index contributed by atoms with van der Waals surface area (Å²) in [5.41, 5.74) is 25.7. The van der Waals surface area contributed by atoms with Gasteiger partial charge in [0.1, 0.15) is 0 Å². The highest BCUT2D eigenvalue weighted by Gasteiger charge is 2.59. The summed E-state index contributed by atoms with van der Waals surface area (Å²) in [5, 5.41) is 0. The Labute approximate surface area is 295 Å². The second-order valence-electron chi connectivity index (χ2n) is 18.0. The van der Waals surface area contributed by atoms with Crippen molar-refractivity contribution in [2.24, 2.45) is 22.9 Å². The average molecular weight is 681 g/mol. The van der Waals surface area contributed by atoms with Gasteiger partial charge in [-0.05, 0) is 130 Å². The van der Waals surface area contributed by atoms with Gasteiger partial charge < -0.3 is 32.7 Å². The van der Waals surface area contributed by atoms with Gasteiger partial charge in [0.05, 0.1) is 22.0 Å². The zero-order valence-corrected chi connectivity index (χ0v) is 30.8. The highest BCUT2D eigenvalue weighted by Crippen LogP contribution is 2.62. The standard InChI is InChI=1S/C40H52N6O4/c1-35(2)13-9-14-36(3,4)45(35)23-19-39(33(43)49)17-11-21(23)25-27(31(41)47)30-26(28(29(25)39)32(42)48)22-12-18-40(30,34(44)50)20-24(22)46-37(5,6)15-10-16-38(46,7)8/h11-12,19-20H,9-10,13-18H2,1-8H3,(H2,41,47)(H2,42,48)(H2,43,49)(H2,44,50). The predicted molar refractivity (Wildman–Crippen MR) is 194 cm³/mol. The van der Waals surface area contributed by atoms with Crippen LogP contribution >= 0.6 is 0 Å². The monoisotopic (exact) mass is 680 g/mol. The molecule has 266 valence electrons. The van der Waals surface area contributed by atoms with Crippen LogP contribution in [0.5, 0.6) is 0 Å². The molecule has 9 rings (SSSR count). The SMILES string of the molecule is CC1(C)CCCC(C)(C)N1C1=CC2(C(N)=O)CC=C1c1c(C(N)=O)c3c(c(C(N)=O)c12)C1=CCC3(C(N)=O)C=C1N1C(C)(C)CCCC1(C)C. The average Bonchev–Trinajstić information content (AvgIpc) is 2.98. The van der Waals surface area contributed by atoms with Crippen molar-refractivity contribution in [1.82, 2.24) is 9.80 Å². The molecule has 2 aliphatic heterocycles. The number of piperidine rings is 2. The molecule has 0 saturated carbocycles. The van der Waals surface area contributed by atoms with Crippen molar-refractivity contribution in [3.8, 4) is 0 Å². The fourth-order valence-corrected chi connectivity index (χ4v) is 11.2. The summed E-state index contributed by atoms with van der Waals surface area (Å²) in [4.78, 5) is 60.9. The predicted octanol–water partition coefficient (Wildman–Crippen LogP) is 4.79. The Morgan fingerprint density at radius 1 is 0.540 bits per heavy atom. The first-order chi connectivity index (χ1) is 23.1. The Hall–Kier alpha value is -4.34. The van der Waals surface area contributed by atoms with E-state index in [2.05, 4.69) is 65.2 Å². The van der Waals surface area contributed by atoms with E-state index in [4.69, 9.17) is 22.9 Å². The van der Waals surface area contributed by atoms with Crippen LogP contribution in [0.1, 0.15) is 150 Å². The van der Waals surface area contributed by atoms with Gasteiger partial charge in [0.15, 0.2) is 0 Å². The number of hydrogen-bond acceptors (Lipinski definition) is 6. The van der Waals surface area contributed by atoms with Crippen LogP contribution in [0.4, 0.5) is 0 Å². The van der Waals surface area contributed by atoms with E-state index in [9.17, 15) is 19.2 Å². The maximum atomic E-state index is 14.1. The third-order valence-corrected chi connectivity index (χ3v) is 12.9. The second-order valence-corrected chi connectivity index (χ2v) is 18.0. The molecular formula is C40H52N6O4. The van der Waals surface area contributed by atoms with Crippen LogP contribution in [0.15, 0.2) is 35.7 Å². The van der Waals surface area contributed by atoms with Crippen molar-refractivity contribution in [2.45, 2.75) is 140 Å². The molecule has 8 N–H and O–H groups in total. The first-order valence-corrected chi connectivity index (χ1v) is 18.0. The summed E-state index contributed by atoms with van der Waals surface area (Å²) in [6.45, 7) is 17.4. The van der Waals surface area contributed by atoms with Crippen LogP contribution in [-0.4, -0.2) is 55.6 Å². The Bertz CT molecular complexity index is 1790. The first kappa shape index (κ1) is 34.1. The maximum absolute atomic E-state index is 14.1. The highest BCUT2D eigenvalue weighted by atomic mass is 16.2. The quantitative estimate of drug-likeness (QED) is 0.336. The highest BCUT2D eigenvalue weighted by molar-refractivity contribution is 6.17. The Morgan fingerprint density at radius 2 is 0.840 bits per heavy atom. The van der Waals surface area contributed by atoms with Gasteiger partial charge in [0, 0.05) is 55.8 Å². The molecule has 4 bridgehead atoms. The van der Waals surface area contributed by atoms with Crippen molar-refractivity contribution in [3.63, 3.8) is 0 Å². The Kier molecular flexibility index (Phi) is 6.92. The molecular weight excluding hydrogens is 628 g/mol. The van der Waals surface area contributed by atoms with Crippen LogP contribution in [0, 0.1) is 0 Å². The van der Waals surface area contributed by atoms with Crippen LogP contribution in [0.2, 0.25) is 0 Å². The van der Waals surface area contributed by atoms with Crippen LogP contribution < -0.4 is 22.9 Å². The van der Waals surface area contributed by atoms with Crippen LogP contribution in [-0.2, 0) is 20.4 Å². The molecule has 2 unspecified atom stereocenters. The van der Waals surface area contributed by atoms with E-state index in [1.165, 1.54) is 0 Å². The van der Waals surface area contributed by atoms with E-state index in [-0.39, 0.29) is 46.1 Å². The van der Waals surface area contributed by atoms with Crippen LogP contribution in [0.25, 0.3) is 11.1 Å². The molecule has 1 aromatic rings. The molecule has 8 aliphatic rings. The van der Waals surface area contributed by atoms with Gasteiger partial charge in [0.2, 0.25) is 23.6 Å². The minimum atomic E-state index is -1.51. The molecule has 2 atom stereocenters. The molecule has 2 heterocycles. The van der Waals surface area contributed by atoms with E-state index in [0.717, 1.165) is 49.9 Å². The smallest absolute Gasteiger partial charge is 0.249 e. The summed E-state index contributed by atoms with van der Waals surface area (Å²) in [7, 11) is 0. The number of primary amides is 4. The van der Waals surface area contributed by atoms with Gasteiger partial charge >= 0.3 is 0 Å².